The molecule has 1 aromatic heterocycles. The standard InChI is InChI=1S/C24H22N4O3/c29-22-12-11-19(24(31)27-15-13-18-7-2-4-10-21(18)27)25-28(22)16-23(30)26-14-5-8-17-6-1-3-9-20(17)26/h1-4,6-7,9-12H,5,8,13-16H2. The first-order valence-electron chi connectivity index (χ1n) is 10.5. The van der Waals surface area contributed by atoms with Crippen molar-refractivity contribution in [2.45, 2.75) is 25.8 Å². The molecule has 0 atom stereocenters. The third kappa shape index (κ3) is 3.52. The normalized spacial score (nSPS) is 14.8. The molecule has 0 spiro atoms. The van der Waals surface area contributed by atoms with Gasteiger partial charge in [0.1, 0.15) is 12.2 Å². The molecular formula is C24H22N4O3. The Hall–Kier alpha value is -3.74. The lowest BCUT2D eigenvalue weighted by Gasteiger charge is -2.29. The molecule has 2 aliphatic rings. The van der Waals surface area contributed by atoms with E-state index in [4.69, 9.17) is 0 Å². The van der Waals surface area contributed by atoms with Gasteiger partial charge in [-0.2, -0.15) is 5.10 Å². The van der Waals surface area contributed by atoms with Crippen molar-refractivity contribution in [3.8, 4) is 0 Å². The lowest BCUT2D eigenvalue weighted by molar-refractivity contribution is -0.119. The SMILES string of the molecule is O=C(Cn1nc(C(=O)N2CCc3ccccc32)ccc1=O)N1CCCc2ccccc21. The van der Waals surface area contributed by atoms with Gasteiger partial charge in [-0.3, -0.25) is 14.4 Å². The van der Waals surface area contributed by atoms with E-state index in [0.29, 0.717) is 13.1 Å². The predicted molar refractivity (Wildman–Crippen MR) is 117 cm³/mol. The van der Waals surface area contributed by atoms with Crippen molar-refractivity contribution in [2.24, 2.45) is 0 Å². The first-order valence-corrected chi connectivity index (χ1v) is 10.5. The zero-order valence-corrected chi connectivity index (χ0v) is 17.0. The number of amides is 2. The van der Waals surface area contributed by atoms with Crippen LogP contribution in [0.15, 0.2) is 65.5 Å². The highest BCUT2D eigenvalue weighted by Crippen LogP contribution is 2.29. The Labute approximate surface area is 179 Å². The lowest BCUT2D eigenvalue weighted by Crippen LogP contribution is -2.41. The molecule has 3 aromatic rings. The van der Waals surface area contributed by atoms with Gasteiger partial charge < -0.3 is 9.80 Å². The lowest BCUT2D eigenvalue weighted by atomic mass is 10.0. The molecule has 7 heteroatoms. The van der Waals surface area contributed by atoms with Gasteiger partial charge in [-0.1, -0.05) is 36.4 Å². The Morgan fingerprint density at radius 3 is 2.26 bits per heavy atom. The number of anilines is 2. The smallest absolute Gasteiger partial charge is 0.278 e. The molecule has 156 valence electrons. The van der Waals surface area contributed by atoms with Gasteiger partial charge in [0.15, 0.2) is 0 Å². The zero-order chi connectivity index (χ0) is 21.4. The summed E-state index contributed by atoms with van der Waals surface area (Å²) in [6, 6.07) is 18.3. The Bertz CT molecular complexity index is 1230. The van der Waals surface area contributed by atoms with E-state index in [1.807, 2.05) is 48.5 Å². The molecule has 3 heterocycles. The van der Waals surface area contributed by atoms with E-state index in [0.717, 1.165) is 46.4 Å². The average Bonchev–Trinajstić information content (AvgIpc) is 3.24. The van der Waals surface area contributed by atoms with Crippen molar-refractivity contribution in [3.05, 3.63) is 87.8 Å². The van der Waals surface area contributed by atoms with Crippen molar-refractivity contribution in [3.63, 3.8) is 0 Å². The van der Waals surface area contributed by atoms with Crippen LogP contribution in [0.4, 0.5) is 11.4 Å². The number of carbonyl (C=O) groups is 2. The van der Waals surface area contributed by atoms with Crippen LogP contribution in [0.2, 0.25) is 0 Å². The number of carbonyl (C=O) groups excluding carboxylic acids is 2. The summed E-state index contributed by atoms with van der Waals surface area (Å²) < 4.78 is 1.09. The van der Waals surface area contributed by atoms with Gasteiger partial charge in [-0.15, -0.1) is 0 Å². The molecule has 0 bridgehead atoms. The summed E-state index contributed by atoms with van der Waals surface area (Å²) in [5.74, 6) is -0.479. The minimum atomic E-state index is -0.406. The maximum absolute atomic E-state index is 13.1. The first kappa shape index (κ1) is 19.2. The molecule has 0 fully saturated rings. The average molecular weight is 414 g/mol. The summed E-state index contributed by atoms with van der Waals surface area (Å²) >= 11 is 0. The van der Waals surface area contributed by atoms with Gasteiger partial charge in [0, 0.05) is 30.5 Å². The number of hydrogen-bond donors (Lipinski definition) is 0. The van der Waals surface area contributed by atoms with Crippen molar-refractivity contribution in [2.75, 3.05) is 22.9 Å². The van der Waals surface area contributed by atoms with Gasteiger partial charge in [0.05, 0.1) is 0 Å². The highest BCUT2D eigenvalue weighted by molar-refractivity contribution is 6.06. The minimum Gasteiger partial charge on any atom is -0.311 e. The summed E-state index contributed by atoms with van der Waals surface area (Å²) in [5.41, 5.74) is 3.74. The molecule has 0 radical (unpaired) electrons. The third-order valence-corrected chi connectivity index (χ3v) is 5.91. The molecule has 5 rings (SSSR count). The number of fused-ring (bicyclic) bond motifs is 2. The van der Waals surface area contributed by atoms with Crippen LogP contribution >= 0.6 is 0 Å². The summed E-state index contributed by atoms with van der Waals surface area (Å²) in [7, 11) is 0. The largest absolute Gasteiger partial charge is 0.311 e. The van der Waals surface area contributed by atoms with Gasteiger partial charge >= 0.3 is 0 Å². The molecule has 2 aliphatic heterocycles. The van der Waals surface area contributed by atoms with Crippen molar-refractivity contribution in [1.29, 1.82) is 0 Å². The topological polar surface area (TPSA) is 75.5 Å². The van der Waals surface area contributed by atoms with Crippen LogP contribution in [0.3, 0.4) is 0 Å². The Kier molecular flexibility index (Phi) is 4.86. The second-order valence-electron chi connectivity index (χ2n) is 7.83. The number of aryl methyl sites for hydroxylation is 1. The van der Waals surface area contributed by atoms with Crippen LogP contribution < -0.4 is 15.4 Å². The number of benzene rings is 2. The minimum absolute atomic E-state index is 0.156. The highest BCUT2D eigenvalue weighted by atomic mass is 16.2. The van der Waals surface area contributed by atoms with Gasteiger partial charge in [-0.05, 0) is 48.6 Å². The second kappa shape index (κ2) is 7.83. The van der Waals surface area contributed by atoms with E-state index in [2.05, 4.69) is 5.10 Å². The molecule has 31 heavy (non-hydrogen) atoms. The molecule has 2 amide bonds. The Morgan fingerprint density at radius 1 is 0.806 bits per heavy atom. The first-order chi connectivity index (χ1) is 15.1. The predicted octanol–water partition coefficient (Wildman–Crippen LogP) is 2.43. The maximum atomic E-state index is 13.1. The highest BCUT2D eigenvalue weighted by Gasteiger charge is 2.27. The van der Waals surface area contributed by atoms with E-state index < -0.39 is 5.56 Å². The fourth-order valence-corrected chi connectivity index (χ4v) is 4.37. The molecule has 0 saturated carbocycles. The van der Waals surface area contributed by atoms with Crippen LogP contribution in [-0.2, 0) is 24.2 Å². The van der Waals surface area contributed by atoms with Crippen LogP contribution in [0.5, 0.6) is 0 Å². The molecule has 0 saturated heterocycles. The van der Waals surface area contributed by atoms with E-state index in [9.17, 15) is 14.4 Å². The Morgan fingerprint density at radius 2 is 1.48 bits per heavy atom. The van der Waals surface area contributed by atoms with Crippen molar-refractivity contribution < 1.29 is 9.59 Å². The Balaban J connectivity index is 1.39. The fraction of sp³-hybridized carbons (Fsp3) is 0.250. The number of nitrogens with zero attached hydrogens (tertiary/aromatic N) is 4. The zero-order valence-electron chi connectivity index (χ0n) is 17.0. The maximum Gasteiger partial charge on any atom is 0.278 e. The van der Waals surface area contributed by atoms with E-state index in [1.165, 1.54) is 12.1 Å². The summed E-state index contributed by atoms with van der Waals surface area (Å²) in [4.78, 5) is 41.9. The van der Waals surface area contributed by atoms with Crippen LogP contribution in [0.1, 0.15) is 28.0 Å². The molecule has 0 N–H and O–H groups in total. The molecule has 0 aliphatic carbocycles. The number of aromatic nitrogens is 2. The molecule has 0 unspecified atom stereocenters. The van der Waals surface area contributed by atoms with Crippen molar-refractivity contribution >= 4 is 23.2 Å². The van der Waals surface area contributed by atoms with Gasteiger partial charge in [0.2, 0.25) is 5.91 Å². The van der Waals surface area contributed by atoms with E-state index >= 15 is 0 Å². The number of rotatable bonds is 3. The van der Waals surface area contributed by atoms with Gasteiger partial charge in [0.25, 0.3) is 11.5 Å². The van der Waals surface area contributed by atoms with Crippen LogP contribution in [0.25, 0.3) is 0 Å². The van der Waals surface area contributed by atoms with Crippen molar-refractivity contribution in [1.82, 2.24) is 9.78 Å². The van der Waals surface area contributed by atoms with Gasteiger partial charge in [-0.25, -0.2) is 4.68 Å². The fourth-order valence-electron chi connectivity index (χ4n) is 4.37. The summed E-state index contributed by atoms with van der Waals surface area (Å²) in [6.07, 6.45) is 2.59. The van der Waals surface area contributed by atoms with Crippen LogP contribution in [0, 0.1) is 0 Å². The molecular weight excluding hydrogens is 392 g/mol. The summed E-state index contributed by atoms with van der Waals surface area (Å²) in [6.45, 7) is 0.973. The summed E-state index contributed by atoms with van der Waals surface area (Å²) in [5, 5.41) is 4.25. The molecule has 2 aromatic carbocycles. The quantitative estimate of drug-likeness (QED) is 0.660. The molecule has 7 nitrogen and oxygen atoms in total. The van der Waals surface area contributed by atoms with E-state index in [-0.39, 0.29) is 24.1 Å². The van der Waals surface area contributed by atoms with E-state index in [1.54, 1.807) is 9.80 Å². The second-order valence-corrected chi connectivity index (χ2v) is 7.83. The van der Waals surface area contributed by atoms with Crippen LogP contribution in [-0.4, -0.2) is 34.7 Å². The monoisotopic (exact) mass is 414 g/mol. The third-order valence-electron chi connectivity index (χ3n) is 5.91. The number of para-hydroxylation sites is 2. The number of hydrogen-bond acceptors (Lipinski definition) is 4.